The summed E-state index contributed by atoms with van der Waals surface area (Å²) in [5.74, 6) is 0.113. The van der Waals surface area contributed by atoms with Crippen molar-refractivity contribution in [1.82, 2.24) is 14.5 Å². The van der Waals surface area contributed by atoms with Gasteiger partial charge in [0.05, 0.1) is 6.33 Å². The average Bonchev–Trinajstić information content (AvgIpc) is 2.87. The van der Waals surface area contributed by atoms with E-state index < -0.39 is 0 Å². The molecule has 0 saturated carbocycles. The Hall–Kier alpha value is -2.17. The van der Waals surface area contributed by atoms with E-state index in [2.05, 4.69) is 11.9 Å². The van der Waals surface area contributed by atoms with Crippen LogP contribution in [0, 0.1) is 5.82 Å². The second-order valence-electron chi connectivity index (χ2n) is 6.33. The maximum Gasteiger partial charge on any atom is 0.222 e. The minimum absolute atomic E-state index is 0.156. The Morgan fingerprint density at radius 3 is 3.00 bits per heavy atom. The molecule has 3 rings (SSSR count). The monoisotopic (exact) mass is 315 g/mol. The normalized spacial score (nSPS) is 17.7. The highest BCUT2D eigenvalue weighted by Crippen LogP contribution is 2.26. The molecule has 1 aliphatic heterocycles. The summed E-state index contributed by atoms with van der Waals surface area (Å²) < 4.78 is 15.4. The third kappa shape index (κ3) is 3.44. The van der Waals surface area contributed by atoms with Crippen LogP contribution in [0.1, 0.15) is 36.1 Å². The molecule has 1 aromatic carbocycles. The van der Waals surface area contributed by atoms with Gasteiger partial charge < -0.3 is 9.47 Å². The molecule has 1 atom stereocenters. The number of fused-ring (bicyclic) bond motifs is 1. The first-order valence-corrected chi connectivity index (χ1v) is 8.06. The van der Waals surface area contributed by atoms with Gasteiger partial charge in [-0.15, -0.1) is 0 Å². The molecule has 4 nitrogen and oxygen atoms in total. The first-order chi connectivity index (χ1) is 11.0. The van der Waals surface area contributed by atoms with E-state index in [1.165, 1.54) is 6.07 Å². The van der Waals surface area contributed by atoms with Gasteiger partial charge in [0, 0.05) is 38.4 Å². The van der Waals surface area contributed by atoms with Crippen molar-refractivity contribution in [3.8, 4) is 0 Å². The van der Waals surface area contributed by atoms with Crippen molar-refractivity contribution in [1.29, 1.82) is 0 Å². The van der Waals surface area contributed by atoms with Crippen LogP contribution in [0.2, 0.25) is 0 Å². The van der Waals surface area contributed by atoms with Crippen LogP contribution in [-0.4, -0.2) is 33.4 Å². The number of aryl methyl sites for hydroxylation is 2. The Balaban J connectivity index is 1.66. The molecule has 1 aliphatic rings. The fraction of sp³-hybridized carbons (Fsp3) is 0.444. The Labute approximate surface area is 135 Å². The van der Waals surface area contributed by atoms with Crippen LogP contribution in [0.3, 0.4) is 0 Å². The largest absolute Gasteiger partial charge is 0.342 e. The summed E-state index contributed by atoms with van der Waals surface area (Å²) in [6.07, 6.45) is 5.52. The molecule has 1 amide bonds. The van der Waals surface area contributed by atoms with E-state index in [0.717, 1.165) is 23.2 Å². The first kappa shape index (κ1) is 15.7. The Bertz CT molecular complexity index is 710. The number of hydrogen-bond acceptors (Lipinski definition) is 2. The summed E-state index contributed by atoms with van der Waals surface area (Å²) in [7, 11) is 1.94. The van der Waals surface area contributed by atoms with Crippen LogP contribution in [0.5, 0.6) is 0 Å². The van der Waals surface area contributed by atoms with Gasteiger partial charge >= 0.3 is 0 Å². The summed E-state index contributed by atoms with van der Waals surface area (Å²) in [4.78, 5) is 18.5. The van der Waals surface area contributed by atoms with Crippen LogP contribution in [-0.2, 0) is 24.7 Å². The molecule has 0 radical (unpaired) electrons. The highest BCUT2D eigenvalue weighted by molar-refractivity contribution is 5.76. The molecule has 2 heterocycles. The summed E-state index contributed by atoms with van der Waals surface area (Å²) in [5, 5.41) is 0. The summed E-state index contributed by atoms with van der Waals surface area (Å²) >= 11 is 0. The SMILES string of the molecule is CC1CN(C(=O)CCc2cncn2C)CCc2ccc(F)cc21. The van der Waals surface area contributed by atoms with Gasteiger partial charge in [-0.3, -0.25) is 4.79 Å². The molecule has 0 aliphatic carbocycles. The topological polar surface area (TPSA) is 38.1 Å². The van der Waals surface area contributed by atoms with Gasteiger partial charge in [0.2, 0.25) is 5.91 Å². The Morgan fingerprint density at radius 1 is 1.43 bits per heavy atom. The highest BCUT2D eigenvalue weighted by atomic mass is 19.1. The number of hydrogen-bond donors (Lipinski definition) is 0. The van der Waals surface area contributed by atoms with E-state index in [-0.39, 0.29) is 17.6 Å². The van der Waals surface area contributed by atoms with Crippen molar-refractivity contribution in [3.63, 3.8) is 0 Å². The highest BCUT2D eigenvalue weighted by Gasteiger charge is 2.23. The second kappa shape index (κ2) is 6.52. The van der Waals surface area contributed by atoms with Gasteiger partial charge in [-0.1, -0.05) is 13.0 Å². The molecule has 23 heavy (non-hydrogen) atoms. The minimum atomic E-state index is -0.202. The predicted molar refractivity (Wildman–Crippen MR) is 86.6 cm³/mol. The standard InChI is InChI=1S/C18H22FN3O/c1-13-11-22(8-7-14-3-4-15(19)9-17(13)14)18(23)6-5-16-10-20-12-21(16)2/h3-4,9-10,12-13H,5-8,11H2,1-2H3. The number of nitrogens with zero attached hydrogens (tertiary/aromatic N) is 3. The van der Waals surface area contributed by atoms with Crippen molar-refractivity contribution < 1.29 is 9.18 Å². The molecule has 0 N–H and O–H groups in total. The average molecular weight is 315 g/mol. The molecule has 0 fully saturated rings. The number of imidazole rings is 1. The fourth-order valence-corrected chi connectivity index (χ4v) is 3.27. The minimum Gasteiger partial charge on any atom is -0.342 e. The molecule has 1 aromatic heterocycles. The molecule has 2 aromatic rings. The van der Waals surface area contributed by atoms with E-state index in [4.69, 9.17) is 0 Å². The van der Waals surface area contributed by atoms with E-state index in [1.54, 1.807) is 18.6 Å². The van der Waals surface area contributed by atoms with Crippen LogP contribution < -0.4 is 0 Å². The number of carbonyl (C=O) groups is 1. The lowest BCUT2D eigenvalue weighted by atomic mass is 9.95. The third-order valence-corrected chi connectivity index (χ3v) is 4.65. The van der Waals surface area contributed by atoms with Gasteiger partial charge in [0.25, 0.3) is 0 Å². The zero-order valence-electron chi connectivity index (χ0n) is 13.6. The van der Waals surface area contributed by atoms with E-state index >= 15 is 0 Å². The van der Waals surface area contributed by atoms with Crippen LogP contribution in [0.25, 0.3) is 0 Å². The van der Waals surface area contributed by atoms with Gasteiger partial charge in [-0.25, -0.2) is 9.37 Å². The zero-order valence-corrected chi connectivity index (χ0v) is 13.6. The smallest absolute Gasteiger partial charge is 0.222 e. The van der Waals surface area contributed by atoms with Crippen LogP contribution in [0.4, 0.5) is 4.39 Å². The number of carbonyl (C=O) groups excluding carboxylic acids is 1. The number of aromatic nitrogens is 2. The van der Waals surface area contributed by atoms with Crippen LogP contribution >= 0.6 is 0 Å². The molecular weight excluding hydrogens is 293 g/mol. The summed E-state index contributed by atoms with van der Waals surface area (Å²) in [6, 6.07) is 4.97. The molecule has 0 saturated heterocycles. The molecule has 5 heteroatoms. The number of benzene rings is 1. The lowest BCUT2D eigenvalue weighted by Crippen LogP contribution is -2.34. The number of halogens is 1. The number of amides is 1. The Kier molecular flexibility index (Phi) is 4.46. The second-order valence-corrected chi connectivity index (χ2v) is 6.33. The number of rotatable bonds is 3. The van der Waals surface area contributed by atoms with E-state index in [9.17, 15) is 9.18 Å². The third-order valence-electron chi connectivity index (χ3n) is 4.65. The molecule has 122 valence electrons. The predicted octanol–water partition coefficient (Wildman–Crippen LogP) is 2.68. The van der Waals surface area contributed by atoms with Crippen LogP contribution in [0.15, 0.2) is 30.7 Å². The van der Waals surface area contributed by atoms with E-state index in [0.29, 0.717) is 25.9 Å². The lowest BCUT2D eigenvalue weighted by Gasteiger charge is -2.23. The molecule has 0 bridgehead atoms. The summed E-state index contributed by atoms with van der Waals surface area (Å²) in [5.41, 5.74) is 3.25. The van der Waals surface area contributed by atoms with E-state index in [1.807, 2.05) is 22.6 Å². The van der Waals surface area contributed by atoms with Gasteiger partial charge in [-0.2, -0.15) is 0 Å². The maximum absolute atomic E-state index is 13.5. The van der Waals surface area contributed by atoms with Crippen molar-refractivity contribution in [2.24, 2.45) is 7.05 Å². The van der Waals surface area contributed by atoms with Gasteiger partial charge in [0.15, 0.2) is 0 Å². The Morgan fingerprint density at radius 2 is 2.26 bits per heavy atom. The fourth-order valence-electron chi connectivity index (χ4n) is 3.27. The maximum atomic E-state index is 13.5. The lowest BCUT2D eigenvalue weighted by molar-refractivity contribution is -0.131. The van der Waals surface area contributed by atoms with Crippen molar-refractivity contribution >= 4 is 5.91 Å². The van der Waals surface area contributed by atoms with Gasteiger partial charge in [0.1, 0.15) is 5.82 Å². The molecule has 0 spiro atoms. The van der Waals surface area contributed by atoms with Crippen molar-refractivity contribution in [2.75, 3.05) is 13.1 Å². The zero-order chi connectivity index (χ0) is 16.4. The summed E-state index contributed by atoms with van der Waals surface area (Å²) in [6.45, 7) is 3.42. The van der Waals surface area contributed by atoms with Crippen molar-refractivity contribution in [2.45, 2.75) is 32.1 Å². The van der Waals surface area contributed by atoms with Crippen molar-refractivity contribution in [3.05, 3.63) is 53.4 Å². The molecule has 1 unspecified atom stereocenters. The first-order valence-electron chi connectivity index (χ1n) is 8.06. The molecular formula is C18H22FN3O. The quantitative estimate of drug-likeness (QED) is 0.873. The van der Waals surface area contributed by atoms with Gasteiger partial charge in [-0.05, 0) is 42.0 Å².